The number of methoxy groups -OCH3 is 1. The molecule has 44 heavy (non-hydrogen) atoms. The molecule has 0 saturated carbocycles. The molecular formula is C29H32ClN5O8S. The molecule has 0 atom stereocenters. The second kappa shape index (κ2) is 15.2. The lowest BCUT2D eigenvalue weighted by molar-refractivity contribution is -0.385. The maximum atomic E-state index is 13.8. The van der Waals surface area contributed by atoms with Crippen LogP contribution in [0.1, 0.15) is 25.0 Å². The van der Waals surface area contributed by atoms with Crippen LogP contribution in [0, 0.1) is 23.0 Å². The van der Waals surface area contributed by atoms with E-state index in [0.717, 1.165) is 10.4 Å². The maximum absolute atomic E-state index is 13.8. The minimum absolute atomic E-state index is 0.0594. The average molecular weight is 646 g/mol. The van der Waals surface area contributed by atoms with Crippen molar-refractivity contribution in [1.29, 1.82) is 0 Å². The topological polar surface area (TPSA) is 170 Å². The Balaban J connectivity index is 1.77. The van der Waals surface area contributed by atoms with Gasteiger partial charge in [0.1, 0.15) is 18.0 Å². The molecule has 3 aromatic carbocycles. The lowest BCUT2D eigenvalue weighted by atomic mass is 10.2. The second-order valence-corrected chi connectivity index (χ2v) is 12.2. The quantitative estimate of drug-likeness (QED) is 0.150. The van der Waals surface area contributed by atoms with Crippen molar-refractivity contribution in [3.63, 3.8) is 0 Å². The Morgan fingerprint density at radius 1 is 1.09 bits per heavy atom. The number of nitro groups is 1. The Labute approximate surface area is 260 Å². The smallest absolute Gasteiger partial charge is 0.273 e. The van der Waals surface area contributed by atoms with Crippen LogP contribution in [-0.2, 0) is 19.6 Å². The molecule has 0 heterocycles. The van der Waals surface area contributed by atoms with Crippen molar-refractivity contribution in [1.82, 2.24) is 10.7 Å². The molecule has 15 heteroatoms. The van der Waals surface area contributed by atoms with Crippen molar-refractivity contribution in [2.75, 3.05) is 31.1 Å². The van der Waals surface area contributed by atoms with Crippen molar-refractivity contribution in [2.45, 2.75) is 25.7 Å². The predicted octanol–water partition coefficient (Wildman–Crippen LogP) is 4.06. The average Bonchev–Trinajstić information content (AvgIpc) is 2.98. The van der Waals surface area contributed by atoms with E-state index < -0.39 is 38.0 Å². The Bertz CT molecular complexity index is 1650. The molecule has 0 radical (unpaired) electrons. The standard InChI is InChI=1S/C29H32ClN5O8S/c1-19(2)15-31-29(37)18-43-23-9-6-21(7-10-23)16-32-33-28(36)17-34(26-13-22(30)8-12-27(26)42-4)44(40,41)24-11-5-20(3)25(14-24)35(38)39/h5-14,16,19H,15,17-18H2,1-4H3,(H,31,37)(H,33,36)/b32-16-. The molecule has 3 aromatic rings. The first-order chi connectivity index (χ1) is 20.8. The number of hydrazone groups is 1. The highest BCUT2D eigenvalue weighted by molar-refractivity contribution is 7.92. The maximum Gasteiger partial charge on any atom is 0.273 e. The Morgan fingerprint density at radius 3 is 2.43 bits per heavy atom. The number of hydrogen-bond acceptors (Lipinski definition) is 9. The summed E-state index contributed by atoms with van der Waals surface area (Å²) in [4.78, 5) is 35.1. The Kier molecular flexibility index (Phi) is 11.6. The summed E-state index contributed by atoms with van der Waals surface area (Å²) in [5.74, 6) is -0.184. The number of amides is 2. The number of nitrogens with zero attached hydrogens (tertiary/aromatic N) is 3. The first kappa shape index (κ1) is 33.8. The van der Waals surface area contributed by atoms with Crippen LogP contribution in [0.4, 0.5) is 11.4 Å². The minimum atomic E-state index is -4.54. The molecule has 0 aliphatic heterocycles. The summed E-state index contributed by atoms with van der Waals surface area (Å²) in [7, 11) is -3.22. The summed E-state index contributed by atoms with van der Waals surface area (Å²) in [6.07, 6.45) is 1.33. The summed E-state index contributed by atoms with van der Waals surface area (Å²) in [5, 5.41) is 18.3. The van der Waals surface area contributed by atoms with Gasteiger partial charge < -0.3 is 14.8 Å². The van der Waals surface area contributed by atoms with E-state index in [1.165, 1.54) is 50.6 Å². The number of anilines is 1. The van der Waals surface area contributed by atoms with Gasteiger partial charge in [0.05, 0.1) is 28.8 Å². The third kappa shape index (κ3) is 9.15. The summed E-state index contributed by atoms with van der Waals surface area (Å²) < 4.78 is 39.0. The van der Waals surface area contributed by atoms with Crippen molar-refractivity contribution in [2.24, 2.45) is 11.0 Å². The highest BCUT2D eigenvalue weighted by Crippen LogP contribution is 2.35. The fourth-order valence-corrected chi connectivity index (χ4v) is 5.35. The molecular weight excluding hydrogens is 614 g/mol. The monoisotopic (exact) mass is 645 g/mol. The summed E-state index contributed by atoms with van der Waals surface area (Å²) in [6, 6.07) is 14.2. The SMILES string of the molecule is COc1ccc(Cl)cc1N(CC(=O)N/N=C\c1ccc(OCC(=O)NCC(C)C)cc1)S(=O)(=O)c1ccc(C)c([N+](=O)[O-])c1. The van der Waals surface area contributed by atoms with Crippen LogP contribution in [-0.4, -0.2) is 58.2 Å². The van der Waals surface area contributed by atoms with Gasteiger partial charge in [0.25, 0.3) is 27.5 Å². The van der Waals surface area contributed by atoms with E-state index in [0.29, 0.717) is 23.8 Å². The van der Waals surface area contributed by atoms with Crippen LogP contribution in [0.2, 0.25) is 5.02 Å². The predicted molar refractivity (Wildman–Crippen MR) is 166 cm³/mol. The number of aryl methyl sites for hydroxylation is 1. The van der Waals surface area contributed by atoms with Crippen LogP contribution in [0.5, 0.6) is 11.5 Å². The van der Waals surface area contributed by atoms with E-state index in [9.17, 15) is 28.1 Å². The van der Waals surface area contributed by atoms with Gasteiger partial charge in [-0.25, -0.2) is 13.8 Å². The third-order valence-corrected chi connectivity index (χ3v) is 8.01. The van der Waals surface area contributed by atoms with E-state index in [-0.39, 0.29) is 34.5 Å². The van der Waals surface area contributed by atoms with Crippen molar-refractivity contribution >= 4 is 51.0 Å². The second-order valence-electron chi connectivity index (χ2n) is 9.88. The van der Waals surface area contributed by atoms with Gasteiger partial charge in [-0.2, -0.15) is 5.10 Å². The third-order valence-electron chi connectivity index (χ3n) is 6.02. The molecule has 3 rings (SSSR count). The zero-order chi connectivity index (χ0) is 32.4. The van der Waals surface area contributed by atoms with Gasteiger partial charge >= 0.3 is 0 Å². The number of carbonyl (C=O) groups excluding carboxylic acids is 2. The number of benzene rings is 3. The van der Waals surface area contributed by atoms with Gasteiger partial charge in [0.15, 0.2) is 6.61 Å². The number of halogens is 1. The van der Waals surface area contributed by atoms with Crippen LogP contribution >= 0.6 is 11.6 Å². The highest BCUT2D eigenvalue weighted by Gasteiger charge is 2.31. The molecule has 0 aliphatic carbocycles. The van der Waals surface area contributed by atoms with E-state index in [2.05, 4.69) is 15.8 Å². The van der Waals surface area contributed by atoms with Crippen molar-refractivity contribution in [3.05, 3.63) is 86.9 Å². The molecule has 13 nitrogen and oxygen atoms in total. The number of sulfonamides is 1. The molecule has 2 amide bonds. The van der Waals surface area contributed by atoms with Crippen molar-refractivity contribution in [3.8, 4) is 11.5 Å². The van der Waals surface area contributed by atoms with Crippen molar-refractivity contribution < 1.29 is 32.4 Å². The summed E-state index contributed by atoms with van der Waals surface area (Å²) in [6.45, 7) is 5.10. The number of hydrogen-bond donors (Lipinski definition) is 2. The number of nitro benzene ring substituents is 1. The largest absolute Gasteiger partial charge is 0.495 e. The molecule has 0 aliphatic rings. The lowest BCUT2D eigenvalue weighted by Gasteiger charge is -2.25. The molecule has 2 N–H and O–H groups in total. The zero-order valence-corrected chi connectivity index (χ0v) is 26.0. The molecule has 0 fully saturated rings. The van der Waals surface area contributed by atoms with Gasteiger partial charge in [0, 0.05) is 23.2 Å². The fourth-order valence-electron chi connectivity index (χ4n) is 3.74. The van der Waals surface area contributed by atoms with Gasteiger partial charge in [-0.15, -0.1) is 0 Å². The minimum Gasteiger partial charge on any atom is -0.495 e. The van der Waals surface area contributed by atoms with Gasteiger partial charge in [-0.1, -0.05) is 31.5 Å². The lowest BCUT2D eigenvalue weighted by Crippen LogP contribution is -2.39. The normalized spacial score (nSPS) is 11.3. The number of ether oxygens (including phenoxy) is 2. The number of nitrogens with one attached hydrogen (secondary N) is 2. The van der Waals surface area contributed by atoms with Gasteiger partial charge in [-0.3, -0.25) is 24.0 Å². The molecule has 234 valence electrons. The molecule has 0 spiro atoms. The molecule has 0 bridgehead atoms. The molecule has 0 unspecified atom stereocenters. The number of rotatable bonds is 14. The van der Waals surface area contributed by atoms with E-state index in [4.69, 9.17) is 21.1 Å². The Morgan fingerprint density at radius 2 is 1.80 bits per heavy atom. The summed E-state index contributed by atoms with van der Waals surface area (Å²) in [5.41, 5.74) is 2.67. The molecule has 0 aromatic heterocycles. The first-order valence-electron chi connectivity index (χ1n) is 13.2. The van der Waals surface area contributed by atoms with Gasteiger partial charge in [-0.05, 0) is 66.9 Å². The zero-order valence-electron chi connectivity index (χ0n) is 24.4. The Hall–Kier alpha value is -4.69. The fraction of sp³-hybridized carbons (Fsp3) is 0.276. The highest BCUT2D eigenvalue weighted by atomic mass is 35.5. The summed E-state index contributed by atoms with van der Waals surface area (Å²) >= 11 is 6.14. The molecule has 0 saturated heterocycles. The van der Waals surface area contributed by atoms with Crippen LogP contribution in [0.25, 0.3) is 0 Å². The first-order valence-corrected chi connectivity index (χ1v) is 15.1. The van der Waals surface area contributed by atoms with E-state index >= 15 is 0 Å². The van der Waals surface area contributed by atoms with Crippen LogP contribution in [0.15, 0.2) is 70.7 Å². The van der Waals surface area contributed by atoms with Crippen LogP contribution < -0.4 is 24.5 Å². The van der Waals surface area contributed by atoms with E-state index in [1.807, 2.05) is 13.8 Å². The van der Waals surface area contributed by atoms with Crippen LogP contribution in [0.3, 0.4) is 0 Å². The van der Waals surface area contributed by atoms with Gasteiger partial charge in [0.2, 0.25) is 0 Å². The van der Waals surface area contributed by atoms with E-state index in [1.54, 1.807) is 24.3 Å². The number of carbonyl (C=O) groups is 2.